The lowest BCUT2D eigenvalue weighted by Crippen LogP contribution is -2.19. The SMILES string of the molecule is O=[N+]([O-])c1c(N2CCCC2)nn2ccc(-c3cc(F)ccc3F)nc12. The molecule has 128 valence electrons. The summed E-state index contributed by atoms with van der Waals surface area (Å²) in [5.74, 6) is -1.01. The van der Waals surface area contributed by atoms with E-state index >= 15 is 0 Å². The number of fused-ring (bicyclic) bond motifs is 1. The molecule has 1 aliphatic rings. The fourth-order valence-electron chi connectivity index (χ4n) is 3.05. The number of anilines is 1. The number of hydrogen-bond donors (Lipinski definition) is 0. The van der Waals surface area contributed by atoms with Crippen molar-refractivity contribution in [3.05, 3.63) is 52.2 Å². The third kappa shape index (κ3) is 2.57. The van der Waals surface area contributed by atoms with Gasteiger partial charge in [-0.3, -0.25) is 10.1 Å². The number of halogens is 2. The molecule has 1 fully saturated rings. The Morgan fingerprint density at radius 3 is 2.64 bits per heavy atom. The molecule has 1 saturated heterocycles. The van der Waals surface area contributed by atoms with Gasteiger partial charge >= 0.3 is 5.69 Å². The minimum Gasteiger partial charge on any atom is -0.349 e. The Hall–Kier alpha value is -3.10. The molecular weight excluding hydrogens is 332 g/mol. The van der Waals surface area contributed by atoms with Gasteiger partial charge in [-0.25, -0.2) is 18.3 Å². The molecule has 0 spiro atoms. The first-order chi connectivity index (χ1) is 12.0. The lowest BCUT2D eigenvalue weighted by molar-refractivity contribution is -0.382. The van der Waals surface area contributed by atoms with Crippen LogP contribution >= 0.6 is 0 Å². The highest BCUT2D eigenvalue weighted by Crippen LogP contribution is 2.34. The molecule has 0 atom stereocenters. The molecule has 3 heterocycles. The second kappa shape index (κ2) is 5.76. The van der Waals surface area contributed by atoms with E-state index in [4.69, 9.17) is 0 Å². The summed E-state index contributed by atoms with van der Waals surface area (Å²) >= 11 is 0. The maximum atomic E-state index is 14.0. The molecule has 1 aliphatic heterocycles. The minimum atomic E-state index is -0.653. The van der Waals surface area contributed by atoms with Gasteiger partial charge in [-0.1, -0.05) is 0 Å². The van der Waals surface area contributed by atoms with Crippen LogP contribution in [0.25, 0.3) is 16.9 Å². The van der Waals surface area contributed by atoms with E-state index in [0.29, 0.717) is 13.1 Å². The van der Waals surface area contributed by atoms with E-state index in [0.717, 1.165) is 31.0 Å². The summed E-state index contributed by atoms with van der Waals surface area (Å²) in [6, 6.07) is 4.47. The molecule has 7 nitrogen and oxygen atoms in total. The van der Waals surface area contributed by atoms with Crippen molar-refractivity contribution in [2.75, 3.05) is 18.0 Å². The summed E-state index contributed by atoms with van der Waals surface area (Å²) in [5, 5.41) is 15.8. The molecule has 25 heavy (non-hydrogen) atoms. The lowest BCUT2D eigenvalue weighted by Gasteiger charge is -2.11. The molecule has 4 rings (SSSR count). The average Bonchev–Trinajstić information content (AvgIpc) is 3.23. The number of nitro groups is 1. The average molecular weight is 345 g/mol. The standard InChI is InChI=1S/C16H13F2N5O2/c17-10-3-4-12(18)11(9-10)13-5-8-22-15(19-13)14(23(24)25)16(20-22)21-6-1-2-7-21/h3-5,8-9H,1-2,6-7H2. The van der Waals surface area contributed by atoms with Crippen molar-refractivity contribution in [2.45, 2.75) is 12.8 Å². The van der Waals surface area contributed by atoms with E-state index in [9.17, 15) is 18.9 Å². The Labute approximate surface area is 140 Å². The molecule has 0 saturated carbocycles. The third-order valence-electron chi connectivity index (χ3n) is 4.24. The largest absolute Gasteiger partial charge is 0.357 e. The third-order valence-corrected chi connectivity index (χ3v) is 4.24. The summed E-state index contributed by atoms with van der Waals surface area (Å²) in [6.07, 6.45) is 3.35. The molecule has 3 aromatic rings. The molecule has 0 radical (unpaired) electrons. The Morgan fingerprint density at radius 2 is 1.92 bits per heavy atom. The van der Waals surface area contributed by atoms with Gasteiger partial charge in [-0.05, 0) is 37.1 Å². The van der Waals surface area contributed by atoms with E-state index in [1.54, 1.807) is 0 Å². The zero-order chi connectivity index (χ0) is 17.6. The number of nitrogens with zero attached hydrogens (tertiary/aromatic N) is 5. The summed E-state index contributed by atoms with van der Waals surface area (Å²) in [6.45, 7) is 1.38. The first-order valence-corrected chi connectivity index (χ1v) is 7.79. The summed E-state index contributed by atoms with van der Waals surface area (Å²) in [4.78, 5) is 17.1. The molecular formula is C16H13F2N5O2. The molecule has 0 bridgehead atoms. The van der Waals surface area contributed by atoms with Gasteiger partial charge in [0, 0.05) is 24.8 Å². The molecule has 0 amide bonds. The van der Waals surface area contributed by atoms with Crippen LogP contribution in [0.3, 0.4) is 0 Å². The Kier molecular flexibility index (Phi) is 3.56. The number of benzene rings is 1. The maximum Gasteiger partial charge on any atom is 0.357 e. The highest BCUT2D eigenvalue weighted by molar-refractivity contribution is 5.76. The predicted molar refractivity (Wildman–Crippen MR) is 86.4 cm³/mol. The van der Waals surface area contributed by atoms with Crippen LogP contribution in [0.1, 0.15) is 12.8 Å². The van der Waals surface area contributed by atoms with Gasteiger partial charge in [-0.2, -0.15) is 0 Å². The zero-order valence-electron chi connectivity index (χ0n) is 13.0. The van der Waals surface area contributed by atoms with Crippen molar-refractivity contribution in [2.24, 2.45) is 0 Å². The van der Waals surface area contributed by atoms with E-state index in [-0.39, 0.29) is 28.4 Å². The second-order valence-electron chi connectivity index (χ2n) is 5.83. The first-order valence-electron chi connectivity index (χ1n) is 7.79. The van der Waals surface area contributed by atoms with Crippen molar-refractivity contribution in [1.82, 2.24) is 14.6 Å². The number of rotatable bonds is 3. The Bertz CT molecular complexity index is 982. The highest BCUT2D eigenvalue weighted by atomic mass is 19.1. The van der Waals surface area contributed by atoms with Crippen LogP contribution in [-0.2, 0) is 0 Å². The monoisotopic (exact) mass is 345 g/mol. The van der Waals surface area contributed by atoms with Gasteiger partial charge in [0.05, 0.1) is 10.6 Å². The Balaban J connectivity index is 1.91. The molecule has 0 aliphatic carbocycles. The topological polar surface area (TPSA) is 76.6 Å². The zero-order valence-corrected chi connectivity index (χ0v) is 13.0. The molecule has 2 aromatic heterocycles. The smallest absolute Gasteiger partial charge is 0.349 e. The van der Waals surface area contributed by atoms with Crippen LogP contribution in [0.15, 0.2) is 30.5 Å². The highest BCUT2D eigenvalue weighted by Gasteiger charge is 2.30. The van der Waals surface area contributed by atoms with Crippen LogP contribution in [0.5, 0.6) is 0 Å². The van der Waals surface area contributed by atoms with E-state index < -0.39 is 16.6 Å². The van der Waals surface area contributed by atoms with Gasteiger partial charge in [0.2, 0.25) is 11.5 Å². The summed E-state index contributed by atoms with van der Waals surface area (Å²) in [5.41, 5.74) is -0.158. The molecule has 9 heteroatoms. The van der Waals surface area contributed by atoms with Crippen LogP contribution in [0.4, 0.5) is 20.3 Å². The van der Waals surface area contributed by atoms with Crippen LogP contribution < -0.4 is 4.90 Å². The van der Waals surface area contributed by atoms with Gasteiger partial charge < -0.3 is 4.90 Å². The molecule has 1 aromatic carbocycles. The second-order valence-corrected chi connectivity index (χ2v) is 5.83. The van der Waals surface area contributed by atoms with Crippen molar-refractivity contribution in [1.29, 1.82) is 0 Å². The lowest BCUT2D eigenvalue weighted by atomic mass is 10.1. The summed E-state index contributed by atoms with van der Waals surface area (Å²) in [7, 11) is 0. The Morgan fingerprint density at radius 1 is 1.16 bits per heavy atom. The van der Waals surface area contributed by atoms with Gasteiger partial charge in [0.25, 0.3) is 0 Å². The van der Waals surface area contributed by atoms with Crippen molar-refractivity contribution in [3.63, 3.8) is 0 Å². The van der Waals surface area contributed by atoms with E-state index in [1.807, 2.05) is 4.90 Å². The van der Waals surface area contributed by atoms with Gasteiger partial charge in [0.1, 0.15) is 11.6 Å². The summed E-state index contributed by atoms with van der Waals surface area (Å²) < 4.78 is 28.7. The number of aromatic nitrogens is 3. The minimum absolute atomic E-state index is 0.00746. The maximum absolute atomic E-state index is 14.0. The van der Waals surface area contributed by atoms with Gasteiger partial charge in [0.15, 0.2) is 0 Å². The predicted octanol–water partition coefficient (Wildman–Crippen LogP) is 3.18. The van der Waals surface area contributed by atoms with E-state index in [1.165, 1.54) is 16.8 Å². The van der Waals surface area contributed by atoms with E-state index in [2.05, 4.69) is 10.1 Å². The van der Waals surface area contributed by atoms with Crippen molar-refractivity contribution in [3.8, 4) is 11.3 Å². The fourth-order valence-corrected chi connectivity index (χ4v) is 3.05. The fraction of sp³-hybridized carbons (Fsp3) is 0.250. The van der Waals surface area contributed by atoms with Crippen LogP contribution in [0.2, 0.25) is 0 Å². The van der Waals surface area contributed by atoms with Gasteiger partial charge in [-0.15, -0.1) is 5.10 Å². The first kappa shape index (κ1) is 15.4. The molecule has 0 unspecified atom stereocenters. The van der Waals surface area contributed by atoms with Crippen LogP contribution in [-0.4, -0.2) is 32.6 Å². The quantitative estimate of drug-likeness (QED) is 0.538. The van der Waals surface area contributed by atoms with Crippen molar-refractivity contribution >= 4 is 17.2 Å². The van der Waals surface area contributed by atoms with Crippen LogP contribution in [0, 0.1) is 21.7 Å². The number of hydrogen-bond acceptors (Lipinski definition) is 5. The normalized spacial score (nSPS) is 14.4. The van der Waals surface area contributed by atoms with Crippen molar-refractivity contribution < 1.29 is 13.7 Å². The molecule has 0 N–H and O–H groups in total.